The average Bonchev–Trinajstić information content (AvgIpc) is 2.89. The molecule has 0 heterocycles. The number of aliphatic hydroxyl groups is 1. The van der Waals surface area contributed by atoms with Gasteiger partial charge in [0.1, 0.15) is 6.54 Å². The Morgan fingerprint density at radius 1 is 0.513 bits per heavy atom. The highest BCUT2D eigenvalue weighted by molar-refractivity contribution is 7.53. The van der Waals surface area contributed by atoms with Crippen LogP contribution in [0.2, 0.25) is 0 Å². The van der Waals surface area contributed by atoms with Gasteiger partial charge >= 0.3 is 7.60 Å². The average molecular weight is 577 g/mol. The van der Waals surface area contributed by atoms with Gasteiger partial charge in [0, 0.05) is 0 Å². The van der Waals surface area contributed by atoms with Crippen LogP contribution in [0, 0.1) is 0 Å². The van der Waals surface area contributed by atoms with Crippen LogP contribution in [0.3, 0.4) is 0 Å². The normalized spacial score (nSPS) is 12.4. The third-order valence-electron chi connectivity index (χ3n) is 7.83. The van der Waals surface area contributed by atoms with Crippen LogP contribution in [0.5, 0.6) is 0 Å². The lowest BCUT2D eigenvalue weighted by atomic mass is 10.1. The Morgan fingerprint density at radius 3 is 1.08 bits per heavy atom. The number of rotatable bonds is 32. The largest absolute Gasteiger partial charge is 0.391 e. The molecule has 0 aromatic rings. The van der Waals surface area contributed by atoms with E-state index in [-0.39, 0.29) is 6.61 Å². The topological polar surface area (TPSA) is 55.8 Å². The smallest absolute Gasteiger partial charge is 0.384 e. The van der Waals surface area contributed by atoms with Crippen LogP contribution in [0.4, 0.5) is 0 Å². The van der Waals surface area contributed by atoms with Crippen molar-refractivity contribution >= 4 is 7.60 Å². The van der Waals surface area contributed by atoms with Gasteiger partial charge in [0.25, 0.3) is 0 Å². The molecule has 0 saturated carbocycles. The summed E-state index contributed by atoms with van der Waals surface area (Å²) in [7, 11) is 0.804. The first-order valence-corrected chi connectivity index (χ1v) is 18.9. The lowest BCUT2D eigenvalue weighted by Crippen LogP contribution is -2.43. The third kappa shape index (κ3) is 28.0. The Balaban J connectivity index is 4.01. The van der Waals surface area contributed by atoms with Crippen LogP contribution in [0.15, 0.2) is 0 Å². The molecule has 1 N–H and O–H groups in total. The van der Waals surface area contributed by atoms with E-state index in [1.54, 1.807) is 0 Å². The van der Waals surface area contributed by atoms with Gasteiger partial charge < -0.3 is 18.6 Å². The SMILES string of the molecule is CCCCCCCCCCCCCCOP(=O)(C[N+](C)(C)CCO)OCCCCCCCCCCCCCC. The Morgan fingerprint density at radius 2 is 0.795 bits per heavy atom. The maximum atomic E-state index is 13.6. The maximum Gasteiger partial charge on any atom is 0.384 e. The Kier molecular flexibility index (Phi) is 28.3. The summed E-state index contributed by atoms with van der Waals surface area (Å²) >= 11 is 0. The van der Waals surface area contributed by atoms with E-state index < -0.39 is 7.60 Å². The fourth-order valence-corrected chi connectivity index (χ4v) is 7.35. The van der Waals surface area contributed by atoms with Gasteiger partial charge in [0.2, 0.25) is 0 Å². The minimum Gasteiger partial charge on any atom is -0.391 e. The second-order valence-electron chi connectivity index (χ2n) is 12.6. The summed E-state index contributed by atoms with van der Waals surface area (Å²) in [6.07, 6.45) is 31.5. The standard InChI is InChI=1S/C33H71NO4P/c1-5-7-9-11-13-15-17-19-21-23-25-27-31-37-39(36,33-34(3,4)29-30-35)38-32-28-26-24-22-20-18-16-14-12-10-8-6-2/h35H,5-33H2,1-4H3/q+1. The molecule has 6 heteroatoms. The number of hydrogen-bond acceptors (Lipinski definition) is 4. The molecule has 39 heavy (non-hydrogen) atoms. The summed E-state index contributed by atoms with van der Waals surface area (Å²) in [5.41, 5.74) is 0. The molecule has 0 rings (SSSR count). The first-order chi connectivity index (χ1) is 18.9. The van der Waals surface area contributed by atoms with Gasteiger partial charge in [0.15, 0.2) is 6.29 Å². The van der Waals surface area contributed by atoms with E-state index in [0.29, 0.717) is 30.5 Å². The van der Waals surface area contributed by atoms with Crippen molar-refractivity contribution in [1.29, 1.82) is 0 Å². The Labute approximate surface area is 245 Å². The van der Waals surface area contributed by atoms with Crippen molar-refractivity contribution in [2.24, 2.45) is 0 Å². The second kappa shape index (κ2) is 28.2. The molecule has 0 aliphatic carbocycles. The Hall–Kier alpha value is 0.0700. The van der Waals surface area contributed by atoms with E-state index in [4.69, 9.17) is 9.05 Å². The van der Waals surface area contributed by atoms with E-state index in [1.165, 1.54) is 128 Å². The van der Waals surface area contributed by atoms with E-state index in [9.17, 15) is 9.67 Å². The number of hydrogen-bond donors (Lipinski definition) is 1. The van der Waals surface area contributed by atoms with E-state index in [1.807, 2.05) is 14.1 Å². The van der Waals surface area contributed by atoms with E-state index >= 15 is 0 Å². The molecule has 236 valence electrons. The third-order valence-corrected chi connectivity index (χ3v) is 10.1. The number of quaternary nitrogens is 1. The van der Waals surface area contributed by atoms with Crippen LogP contribution in [-0.2, 0) is 13.6 Å². The summed E-state index contributed by atoms with van der Waals surface area (Å²) < 4.78 is 25.9. The zero-order valence-electron chi connectivity index (χ0n) is 27.1. The summed E-state index contributed by atoms with van der Waals surface area (Å²) in [5.74, 6) is 0. The van der Waals surface area contributed by atoms with Crippen molar-refractivity contribution in [1.82, 2.24) is 0 Å². The molecular weight excluding hydrogens is 505 g/mol. The van der Waals surface area contributed by atoms with Gasteiger partial charge in [-0.3, -0.25) is 4.57 Å². The zero-order valence-corrected chi connectivity index (χ0v) is 28.0. The van der Waals surface area contributed by atoms with Gasteiger partial charge in [-0.25, -0.2) is 0 Å². The monoisotopic (exact) mass is 577 g/mol. The minimum atomic E-state index is -3.17. The fourth-order valence-electron chi connectivity index (χ4n) is 5.22. The molecule has 5 nitrogen and oxygen atoms in total. The van der Waals surface area contributed by atoms with Crippen molar-refractivity contribution in [3.8, 4) is 0 Å². The lowest BCUT2D eigenvalue weighted by Gasteiger charge is -2.32. The number of aliphatic hydroxyl groups excluding tert-OH is 1. The molecule has 0 aromatic heterocycles. The quantitative estimate of drug-likeness (QED) is 0.0491. The van der Waals surface area contributed by atoms with Crippen LogP contribution in [-0.4, -0.2) is 56.3 Å². The van der Waals surface area contributed by atoms with Crippen molar-refractivity contribution in [2.45, 2.75) is 168 Å². The van der Waals surface area contributed by atoms with Crippen LogP contribution in [0.25, 0.3) is 0 Å². The molecular formula is C33H71NO4P+. The van der Waals surface area contributed by atoms with Crippen LogP contribution < -0.4 is 0 Å². The predicted octanol–water partition coefficient (Wildman–Crippen LogP) is 10.6. The van der Waals surface area contributed by atoms with E-state index in [2.05, 4.69) is 13.8 Å². The molecule has 0 aliphatic heterocycles. The highest BCUT2D eigenvalue weighted by atomic mass is 31.2. The first-order valence-electron chi connectivity index (χ1n) is 17.2. The summed E-state index contributed by atoms with van der Waals surface area (Å²) in [6.45, 7) is 6.18. The summed E-state index contributed by atoms with van der Waals surface area (Å²) in [6, 6.07) is 0. The fraction of sp³-hybridized carbons (Fsp3) is 1.00. The van der Waals surface area contributed by atoms with Crippen LogP contribution in [0.1, 0.15) is 168 Å². The minimum absolute atomic E-state index is 0.0739. The highest BCUT2D eigenvalue weighted by Gasteiger charge is 2.34. The molecule has 0 atom stereocenters. The number of likely N-dealkylation sites (N-methyl/N-ethyl adjacent to an activating group) is 1. The molecule has 0 radical (unpaired) electrons. The van der Waals surface area contributed by atoms with Gasteiger partial charge in [-0.1, -0.05) is 155 Å². The number of nitrogens with zero attached hydrogens (tertiary/aromatic N) is 1. The first kappa shape index (κ1) is 39.1. The molecule has 0 aliphatic rings. The zero-order chi connectivity index (χ0) is 28.9. The Bertz CT molecular complexity index is 510. The van der Waals surface area contributed by atoms with Crippen molar-refractivity contribution in [2.75, 3.05) is 46.7 Å². The molecule has 0 spiro atoms. The molecule has 0 unspecified atom stereocenters. The van der Waals surface area contributed by atoms with E-state index in [0.717, 1.165) is 25.7 Å². The van der Waals surface area contributed by atoms with Gasteiger partial charge in [-0.15, -0.1) is 0 Å². The van der Waals surface area contributed by atoms with Gasteiger partial charge in [-0.2, -0.15) is 0 Å². The lowest BCUT2D eigenvalue weighted by molar-refractivity contribution is -0.880. The predicted molar refractivity (Wildman–Crippen MR) is 171 cm³/mol. The molecule has 0 saturated heterocycles. The van der Waals surface area contributed by atoms with Gasteiger partial charge in [-0.05, 0) is 12.8 Å². The summed E-state index contributed by atoms with van der Waals surface area (Å²) in [5, 5.41) is 9.41. The molecule has 0 amide bonds. The van der Waals surface area contributed by atoms with Gasteiger partial charge in [0.05, 0.1) is 33.9 Å². The van der Waals surface area contributed by atoms with Crippen LogP contribution >= 0.6 is 7.60 Å². The second-order valence-corrected chi connectivity index (χ2v) is 14.6. The number of unbranched alkanes of at least 4 members (excludes halogenated alkanes) is 22. The summed E-state index contributed by atoms with van der Waals surface area (Å²) in [4.78, 5) is 0. The van der Waals surface area contributed by atoms with Crippen molar-refractivity contribution < 1.29 is 23.2 Å². The highest BCUT2D eigenvalue weighted by Crippen LogP contribution is 2.50. The van der Waals surface area contributed by atoms with Crippen molar-refractivity contribution in [3.63, 3.8) is 0 Å². The van der Waals surface area contributed by atoms with Crippen molar-refractivity contribution in [3.05, 3.63) is 0 Å². The molecule has 0 fully saturated rings. The molecule has 0 bridgehead atoms. The molecule has 0 aromatic carbocycles. The maximum absolute atomic E-state index is 13.6.